The number of benzene rings is 2. The van der Waals surface area contributed by atoms with Gasteiger partial charge in [-0.05, 0) is 43.3 Å². The number of aromatic nitrogens is 1. The molecule has 146 valence electrons. The van der Waals surface area contributed by atoms with Crippen LogP contribution in [0.25, 0.3) is 11.3 Å². The zero-order valence-electron chi connectivity index (χ0n) is 14.6. The lowest BCUT2D eigenvalue weighted by Gasteiger charge is -2.11. The summed E-state index contributed by atoms with van der Waals surface area (Å²) < 4.78 is 43.3. The van der Waals surface area contributed by atoms with Gasteiger partial charge in [-0.15, -0.1) is 24.5 Å². The van der Waals surface area contributed by atoms with Gasteiger partial charge in [-0.3, -0.25) is 0 Å². The number of nitrogens with zero attached hydrogens (tertiary/aromatic N) is 2. The number of hydrogen-bond acceptors (Lipinski definition) is 4. The van der Waals surface area contributed by atoms with Gasteiger partial charge < -0.3 is 14.4 Å². The Balaban J connectivity index is 1.98. The van der Waals surface area contributed by atoms with Crippen LogP contribution in [-0.2, 0) is 6.54 Å². The summed E-state index contributed by atoms with van der Waals surface area (Å²) in [7, 11) is 0. The smallest absolute Gasteiger partial charge is 0.478 e. The first kappa shape index (κ1) is 19.7. The molecule has 1 heterocycles. The van der Waals surface area contributed by atoms with E-state index in [1.165, 1.54) is 41.7 Å². The molecule has 0 unspecified atom stereocenters. The topological polar surface area (TPSA) is 63.8 Å². The van der Waals surface area contributed by atoms with Crippen LogP contribution >= 0.6 is 11.3 Å². The molecule has 3 rings (SSSR count). The molecule has 28 heavy (non-hydrogen) atoms. The van der Waals surface area contributed by atoms with E-state index in [1.54, 1.807) is 23.6 Å². The maximum atomic E-state index is 12.5. The number of carboxylic acids is 1. The van der Waals surface area contributed by atoms with Crippen molar-refractivity contribution in [2.24, 2.45) is 4.99 Å². The SMILES string of the molecule is CCn1c(-c2cccc(OC(F)(F)F)c2)cs/c1=N\c1ccc(C(=O)O)cc1. The number of halogens is 3. The summed E-state index contributed by atoms with van der Waals surface area (Å²) in [5.41, 5.74) is 2.02. The number of rotatable bonds is 5. The summed E-state index contributed by atoms with van der Waals surface area (Å²) in [6.45, 7) is 2.45. The van der Waals surface area contributed by atoms with Crippen LogP contribution in [-0.4, -0.2) is 22.0 Å². The summed E-state index contributed by atoms with van der Waals surface area (Å²) >= 11 is 1.34. The van der Waals surface area contributed by atoms with Crippen LogP contribution in [0.5, 0.6) is 5.75 Å². The molecule has 3 aromatic rings. The lowest BCUT2D eigenvalue weighted by atomic mass is 10.1. The normalized spacial score (nSPS) is 12.2. The molecule has 0 aliphatic heterocycles. The fraction of sp³-hybridized carbons (Fsp3) is 0.158. The lowest BCUT2D eigenvalue weighted by molar-refractivity contribution is -0.274. The second kappa shape index (κ2) is 7.89. The molecule has 9 heteroatoms. The Hall–Kier alpha value is -3.07. The minimum Gasteiger partial charge on any atom is -0.478 e. The number of ether oxygens (including phenoxy) is 1. The predicted molar refractivity (Wildman–Crippen MR) is 98.7 cm³/mol. The summed E-state index contributed by atoms with van der Waals surface area (Å²) in [6, 6.07) is 11.9. The third-order valence-electron chi connectivity index (χ3n) is 3.82. The minimum atomic E-state index is -4.75. The van der Waals surface area contributed by atoms with E-state index in [9.17, 15) is 18.0 Å². The van der Waals surface area contributed by atoms with Crippen molar-refractivity contribution in [3.05, 3.63) is 64.3 Å². The zero-order valence-corrected chi connectivity index (χ0v) is 15.4. The number of thiazole rings is 1. The molecule has 0 spiro atoms. The molecule has 0 fully saturated rings. The van der Waals surface area contributed by atoms with Gasteiger partial charge in [0.05, 0.1) is 16.9 Å². The molecular weight excluding hydrogens is 393 g/mol. The van der Waals surface area contributed by atoms with Gasteiger partial charge in [0.2, 0.25) is 0 Å². The average Bonchev–Trinajstić information content (AvgIpc) is 3.03. The van der Waals surface area contributed by atoms with E-state index in [0.29, 0.717) is 28.3 Å². The molecule has 0 aliphatic carbocycles. The third kappa shape index (κ3) is 4.61. The highest BCUT2D eigenvalue weighted by atomic mass is 32.1. The molecule has 0 aliphatic rings. The monoisotopic (exact) mass is 408 g/mol. The predicted octanol–water partition coefficient (Wildman–Crippen LogP) is 5.07. The Morgan fingerprint density at radius 2 is 1.93 bits per heavy atom. The highest BCUT2D eigenvalue weighted by Crippen LogP contribution is 2.28. The Kier molecular flexibility index (Phi) is 5.55. The fourth-order valence-electron chi connectivity index (χ4n) is 2.60. The molecule has 0 saturated carbocycles. The molecule has 0 bridgehead atoms. The fourth-order valence-corrected chi connectivity index (χ4v) is 3.59. The van der Waals surface area contributed by atoms with E-state index in [0.717, 1.165) is 0 Å². The number of hydrogen-bond donors (Lipinski definition) is 1. The van der Waals surface area contributed by atoms with Crippen LogP contribution in [0.3, 0.4) is 0 Å². The first-order chi connectivity index (χ1) is 13.3. The molecule has 0 atom stereocenters. The second-order valence-electron chi connectivity index (χ2n) is 5.69. The maximum absolute atomic E-state index is 12.5. The molecule has 0 amide bonds. The molecule has 1 N–H and O–H groups in total. The van der Waals surface area contributed by atoms with Gasteiger partial charge in [0.25, 0.3) is 0 Å². The maximum Gasteiger partial charge on any atom is 0.573 e. The minimum absolute atomic E-state index is 0.163. The highest BCUT2D eigenvalue weighted by Gasteiger charge is 2.31. The molecule has 1 aromatic heterocycles. The van der Waals surface area contributed by atoms with Crippen molar-refractivity contribution in [2.45, 2.75) is 19.8 Å². The number of aromatic carboxylic acids is 1. The van der Waals surface area contributed by atoms with Crippen LogP contribution in [0.15, 0.2) is 58.9 Å². The Bertz CT molecular complexity index is 1050. The summed E-state index contributed by atoms with van der Waals surface area (Å²) in [4.78, 5) is 16.1. The van der Waals surface area contributed by atoms with Crippen molar-refractivity contribution < 1.29 is 27.8 Å². The second-order valence-corrected chi connectivity index (χ2v) is 6.52. The van der Waals surface area contributed by atoms with Crippen molar-refractivity contribution in [2.75, 3.05) is 0 Å². The summed E-state index contributed by atoms with van der Waals surface area (Å²) in [5, 5.41) is 10.8. The van der Waals surface area contributed by atoms with Gasteiger partial charge in [0.15, 0.2) is 4.80 Å². The van der Waals surface area contributed by atoms with Crippen molar-refractivity contribution >= 4 is 23.0 Å². The van der Waals surface area contributed by atoms with Crippen LogP contribution in [0.1, 0.15) is 17.3 Å². The van der Waals surface area contributed by atoms with E-state index < -0.39 is 12.3 Å². The zero-order chi connectivity index (χ0) is 20.3. The third-order valence-corrected chi connectivity index (χ3v) is 4.68. The van der Waals surface area contributed by atoms with Crippen LogP contribution < -0.4 is 9.54 Å². The van der Waals surface area contributed by atoms with Crippen LogP contribution in [0, 0.1) is 0 Å². The Labute approximate surface area is 162 Å². The van der Waals surface area contributed by atoms with Gasteiger partial charge in [-0.2, -0.15) is 0 Å². The number of alkyl halides is 3. The van der Waals surface area contributed by atoms with E-state index in [-0.39, 0.29) is 11.3 Å². The van der Waals surface area contributed by atoms with Gasteiger partial charge in [0.1, 0.15) is 5.75 Å². The van der Waals surface area contributed by atoms with E-state index in [4.69, 9.17) is 5.11 Å². The number of carboxylic acid groups (broad SMARTS) is 1. The number of carbonyl (C=O) groups is 1. The van der Waals surface area contributed by atoms with E-state index >= 15 is 0 Å². The standard InChI is InChI=1S/C19H15F3N2O3S/c1-2-24-16(13-4-3-5-15(10-13)27-19(20,21)22)11-28-18(24)23-14-8-6-12(7-9-14)17(25)26/h3-11H,2H2,1H3,(H,25,26)/b23-18-. The summed E-state index contributed by atoms with van der Waals surface area (Å²) in [5.74, 6) is -1.31. The average molecular weight is 408 g/mol. The van der Waals surface area contributed by atoms with Crippen molar-refractivity contribution in [1.29, 1.82) is 0 Å². The molecule has 2 aromatic carbocycles. The largest absolute Gasteiger partial charge is 0.573 e. The molecule has 0 saturated heterocycles. The quantitative estimate of drug-likeness (QED) is 0.641. The highest BCUT2D eigenvalue weighted by molar-refractivity contribution is 7.07. The molecular formula is C19H15F3N2O3S. The Morgan fingerprint density at radius 3 is 2.54 bits per heavy atom. The first-order valence-corrected chi connectivity index (χ1v) is 9.07. The van der Waals surface area contributed by atoms with E-state index in [2.05, 4.69) is 9.73 Å². The van der Waals surface area contributed by atoms with Crippen LogP contribution in [0.4, 0.5) is 18.9 Å². The van der Waals surface area contributed by atoms with Crippen LogP contribution in [0.2, 0.25) is 0 Å². The lowest BCUT2D eigenvalue weighted by Crippen LogP contribution is -2.17. The van der Waals surface area contributed by atoms with Gasteiger partial charge in [-0.1, -0.05) is 12.1 Å². The van der Waals surface area contributed by atoms with Crippen molar-refractivity contribution in [3.63, 3.8) is 0 Å². The molecule has 5 nitrogen and oxygen atoms in total. The van der Waals surface area contributed by atoms with Gasteiger partial charge in [0, 0.05) is 17.5 Å². The van der Waals surface area contributed by atoms with Crippen molar-refractivity contribution in [1.82, 2.24) is 4.57 Å². The van der Waals surface area contributed by atoms with Gasteiger partial charge >= 0.3 is 12.3 Å². The van der Waals surface area contributed by atoms with E-state index in [1.807, 2.05) is 11.5 Å². The van der Waals surface area contributed by atoms with Gasteiger partial charge in [-0.25, -0.2) is 9.79 Å². The first-order valence-electron chi connectivity index (χ1n) is 8.19. The van der Waals surface area contributed by atoms with Crippen molar-refractivity contribution in [3.8, 4) is 17.0 Å². The Morgan fingerprint density at radius 1 is 1.21 bits per heavy atom. The molecule has 0 radical (unpaired) electrons. The summed E-state index contributed by atoms with van der Waals surface area (Å²) in [6.07, 6.45) is -4.75.